The zero-order valence-electron chi connectivity index (χ0n) is 12.2. The number of rotatable bonds is 4. The molecule has 0 radical (unpaired) electrons. The Bertz CT molecular complexity index is 266. The molecule has 0 saturated heterocycles. The molecule has 1 aliphatic rings. The predicted molar refractivity (Wildman–Crippen MR) is 74.4 cm³/mol. The van der Waals surface area contributed by atoms with Crippen LogP contribution in [0.3, 0.4) is 0 Å². The SMILES string of the molecule is CCC1(C(=O)NC(C)(C)CO)CCCCCCC1. The van der Waals surface area contributed by atoms with Crippen molar-refractivity contribution in [2.75, 3.05) is 6.61 Å². The van der Waals surface area contributed by atoms with Crippen molar-refractivity contribution in [2.45, 2.75) is 77.7 Å². The smallest absolute Gasteiger partial charge is 0.226 e. The normalized spacial score (nSPS) is 20.9. The molecule has 0 atom stereocenters. The fourth-order valence-corrected chi connectivity index (χ4v) is 2.80. The number of hydrogen-bond donors (Lipinski definition) is 2. The van der Waals surface area contributed by atoms with E-state index in [4.69, 9.17) is 0 Å². The molecule has 3 heteroatoms. The Labute approximate surface area is 111 Å². The predicted octanol–water partition coefficient (Wildman–Crippen LogP) is 3.01. The van der Waals surface area contributed by atoms with E-state index in [2.05, 4.69) is 12.2 Å². The summed E-state index contributed by atoms with van der Waals surface area (Å²) in [6.45, 7) is 5.85. The van der Waals surface area contributed by atoms with Gasteiger partial charge >= 0.3 is 0 Å². The topological polar surface area (TPSA) is 49.3 Å². The Kier molecular flexibility index (Phi) is 5.64. The van der Waals surface area contributed by atoms with Crippen LogP contribution in [0.1, 0.15) is 72.1 Å². The molecule has 0 aromatic rings. The molecule has 106 valence electrons. The highest BCUT2D eigenvalue weighted by Gasteiger charge is 2.38. The Hall–Kier alpha value is -0.570. The molecule has 18 heavy (non-hydrogen) atoms. The highest BCUT2D eigenvalue weighted by atomic mass is 16.3. The van der Waals surface area contributed by atoms with Crippen LogP contribution in [0.2, 0.25) is 0 Å². The van der Waals surface area contributed by atoms with Crippen molar-refractivity contribution in [3.8, 4) is 0 Å². The van der Waals surface area contributed by atoms with Gasteiger partial charge in [-0.25, -0.2) is 0 Å². The van der Waals surface area contributed by atoms with Crippen molar-refractivity contribution in [1.29, 1.82) is 0 Å². The molecular weight excluding hydrogens is 226 g/mol. The third-order valence-corrected chi connectivity index (χ3v) is 4.32. The van der Waals surface area contributed by atoms with E-state index in [1.54, 1.807) is 0 Å². The van der Waals surface area contributed by atoms with Crippen molar-refractivity contribution in [1.82, 2.24) is 5.32 Å². The first-order valence-electron chi connectivity index (χ1n) is 7.39. The number of aliphatic hydroxyl groups is 1. The van der Waals surface area contributed by atoms with Crippen molar-refractivity contribution in [3.05, 3.63) is 0 Å². The van der Waals surface area contributed by atoms with E-state index in [0.29, 0.717) is 0 Å². The van der Waals surface area contributed by atoms with Crippen molar-refractivity contribution >= 4 is 5.91 Å². The molecule has 0 aromatic heterocycles. The van der Waals surface area contributed by atoms with E-state index in [9.17, 15) is 9.90 Å². The molecule has 1 saturated carbocycles. The second kappa shape index (κ2) is 6.55. The van der Waals surface area contributed by atoms with Gasteiger partial charge in [0.25, 0.3) is 0 Å². The highest BCUT2D eigenvalue weighted by Crippen LogP contribution is 2.37. The first-order chi connectivity index (χ1) is 8.46. The van der Waals surface area contributed by atoms with E-state index in [1.165, 1.54) is 19.3 Å². The number of hydrogen-bond acceptors (Lipinski definition) is 2. The summed E-state index contributed by atoms with van der Waals surface area (Å²) >= 11 is 0. The monoisotopic (exact) mass is 255 g/mol. The van der Waals surface area contributed by atoms with E-state index in [1.807, 2.05) is 13.8 Å². The average Bonchev–Trinajstić information content (AvgIpc) is 2.29. The maximum atomic E-state index is 12.6. The lowest BCUT2D eigenvalue weighted by molar-refractivity contribution is -0.134. The Balaban J connectivity index is 2.74. The van der Waals surface area contributed by atoms with Crippen molar-refractivity contribution in [3.63, 3.8) is 0 Å². The van der Waals surface area contributed by atoms with Crippen LogP contribution in [0, 0.1) is 5.41 Å². The molecule has 0 aromatic carbocycles. The van der Waals surface area contributed by atoms with Gasteiger partial charge in [-0.2, -0.15) is 0 Å². The van der Waals surface area contributed by atoms with Crippen LogP contribution in [0.15, 0.2) is 0 Å². The summed E-state index contributed by atoms with van der Waals surface area (Å²) in [7, 11) is 0. The second-order valence-electron chi connectivity index (χ2n) is 6.40. The first kappa shape index (κ1) is 15.5. The summed E-state index contributed by atoms with van der Waals surface area (Å²) in [5, 5.41) is 12.3. The van der Waals surface area contributed by atoms with Crippen molar-refractivity contribution < 1.29 is 9.90 Å². The second-order valence-corrected chi connectivity index (χ2v) is 6.40. The lowest BCUT2D eigenvalue weighted by Crippen LogP contribution is -2.52. The molecule has 1 amide bonds. The molecule has 2 N–H and O–H groups in total. The van der Waals surface area contributed by atoms with E-state index in [0.717, 1.165) is 32.1 Å². The maximum Gasteiger partial charge on any atom is 0.226 e. The Morgan fingerprint density at radius 3 is 2.11 bits per heavy atom. The number of nitrogens with one attached hydrogen (secondary N) is 1. The van der Waals surface area contributed by atoms with Crippen LogP contribution in [-0.4, -0.2) is 23.2 Å². The number of carbonyl (C=O) groups excluding carboxylic acids is 1. The van der Waals surface area contributed by atoms with Gasteiger partial charge in [0.05, 0.1) is 12.1 Å². The molecule has 0 unspecified atom stereocenters. The Morgan fingerprint density at radius 2 is 1.67 bits per heavy atom. The molecule has 0 bridgehead atoms. The highest BCUT2D eigenvalue weighted by molar-refractivity contribution is 5.83. The molecule has 0 heterocycles. The fraction of sp³-hybridized carbons (Fsp3) is 0.933. The van der Waals surface area contributed by atoms with E-state index in [-0.39, 0.29) is 17.9 Å². The molecule has 3 nitrogen and oxygen atoms in total. The maximum absolute atomic E-state index is 12.6. The average molecular weight is 255 g/mol. The summed E-state index contributed by atoms with van der Waals surface area (Å²) in [5.41, 5.74) is -0.714. The van der Waals surface area contributed by atoms with Gasteiger partial charge in [-0.1, -0.05) is 39.0 Å². The fourth-order valence-electron chi connectivity index (χ4n) is 2.80. The van der Waals surface area contributed by atoms with Gasteiger partial charge in [-0.05, 0) is 33.1 Å². The largest absolute Gasteiger partial charge is 0.394 e. The quantitative estimate of drug-likeness (QED) is 0.811. The van der Waals surface area contributed by atoms with E-state index < -0.39 is 5.54 Å². The first-order valence-corrected chi connectivity index (χ1v) is 7.39. The third kappa shape index (κ3) is 3.98. The molecule has 1 rings (SSSR count). The van der Waals surface area contributed by atoms with Gasteiger partial charge in [0.15, 0.2) is 0 Å². The van der Waals surface area contributed by atoms with Crippen LogP contribution in [0.25, 0.3) is 0 Å². The summed E-state index contributed by atoms with van der Waals surface area (Å²) in [6.07, 6.45) is 9.01. The zero-order chi connectivity index (χ0) is 13.6. The molecule has 1 aliphatic carbocycles. The van der Waals surface area contributed by atoms with Crippen LogP contribution in [0.5, 0.6) is 0 Å². The Morgan fingerprint density at radius 1 is 1.17 bits per heavy atom. The molecule has 0 spiro atoms. The number of aliphatic hydroxyl groups excluding tert-OH is 1. The van der Waals surface area contributed by atoms with Crippen LogP contribution >= 0.6 is 0 Å². The molecule has 0 aliphatic heterocycles. The summed E-state index contributed by atoms with van der Waals surface area (Å²) in [5.74, 6) is 0.144. The lowest BCUT2D eigenvalue weighted by Gasteiger charge is -2.36. The van der Waals surface area contributed by atoms with Gasteiger partial charge in [-0.3, -0.25) is 4.79 Å². The van der Waals surface area contributed by atoms with Crippen LogP contribution in [0.4, 0.5) is 0 Å². The summed E-state index contributed by atoms with van der Waals surface area (Å²) in [6, 6.07) is 0. The minimum Gasteiger partial charge on any atom is -0.394 e. The third-order valence-electron chi connectivity index (χ3n) is 4.32. The van der Waals surface area contributed by atoms with Crippen LogP contribution in [-0.2, 0) is 4.79 Å². The minimum atomic E-state index is -0.512. The van der Waals surface area contributed by atoms with Gasteiger partial charge in [0.1, 0.15) is 0 Å². The van der Waals surface area contributed by atoms with Gasteiger partial charge in [0, 0.05) is 5.41 Å². The summed E-state index contributed by atoms with van der Waals surface area (Å²) < 4.78 is 0. The van der Waals surface area contributed by atoms with Crippen molar-refractivity contribution in [2.24, 2.45) is 5.41 Å². The van der Waals surface area contributed by atoms with E-state index >= 15 is 0 Å². The molecular formula is C15H29NO2. The number of amides is 1. The zero-order valence-corrected chi connectivity index (χ0v) is 12.2. The van der Waals surface area contributed by atoms with Gasteiger partial charge in [-0.15, -0.1) is 0 Å². The minimum absolute atomic E-state index is 0.0153. The lowest BCUT2D eigenvalue weighted by atomic mass is 9.73. The standard InChI is InChI=1S/C15H29NO2/c1-4-15(10-8-6-5-7-9-11-15)13(18)16-14(2,3)12-17/h17H,4-12H2,1-3H3,(H,16,18). The van der Waals surface area contributed by atoms with Gasteiger partial charge < -0.3 is 10.4 Å². The number of carbonyl (C=O) groups is 1. The summed E-state index contributed by atoms with van der Waals surface area (Å²) in [4.78, 5) is 12.6. The molecule has 1 fully saturated rings. The van der Waals surface area contributed by atoms with Crippen LogP contribution < -0.4 is 5.32 Å². The van der Waals surface area contributed by atoms with Gasteiger partial charge in [0.2, 0.25) is 5.91 Å².